The number of ether oxygens (including phenoxy) is 2. The van der Waals surface area contributed by atoms with Crippen LogP contribution >= 0.6 is 23.8 Å². The summed E-state index contributed by atoms with van der Waals surface area (Å²) in [6.07, 6.45) is 0.192. The predicted molar refractivity (Wildman–Crippen MR) is 93.8 cm³/mol. The van der Waals surface area contributed by atoms with E-state index >= 15 is 0 Å². The molecule has 10 heteroatoms. The van der Waals surface area contributed by atoms with Crippen LogP contribution in [-0.2, 0) is 9.47 Å². The third kappa shape index (κ3) is 3.14. The number of aliphatic hydroxyl groups is 1. The van der Waals surface area contributed by atoms with Crippen molar-refractivity contribution in [3.05, 3.63) is 10.7 Å². The number of nitrogens with two attached hydrogens (primary N) is 2. The molecule has 0 amide bonds. The smallest absolute Gasteiger partial charge is 0.223 e. The summed E-state index contributed by atoms with van der Waals surface area (Å²) in [5.41, 5.74) is 11.7. The lowest BCUT2D eigenvalue weighted by atomic mass is 10.1. The van der Waals surface area contributed by atoms with Crippen molar-refractivity contribution in [3.8, 4) is 0 Å². The highest BCUT2D eigenvalue weighted by atomic mass is 35.5. The van der Waals surface area contributed by atoms with Crippen LogP contribution in [0, 0.1) is 5.92 Å². The molecule has 1 aliphatic heterocycles. The molecule has 1 aromatic heterocycles. The van der Waals surface area contributed by atoms with Gasteiger partial charge in [0, 0.05) is 12.5 Å². The van der Waals surface area contributed by atoms with Crippen LogP contribution in [0.15, 0.2) is 0 Å². The second-order valence-corrected chi connectivity index (χ2v) is 7.25. The minimum absolute atomic E-state index is 0.00755. The summed E-state index contributed by atoms with van der Waals surface area (Å²) in [6.45, 7) is 3.70. The van der Waals surface area contributed by atoms with E-state index < -0.39 is 5.79 Å². The first kappa shape index (κ1) is 17.6. The normalized spacial score (nSPS) is 31.0. The number of nitrogens with one attached hydrogen (secondary N) is 1. The van der Waals surface area contributed by atoms with Crippen LogP contribution in [0.1, 0.15) is 25.8 Å². The zero-order valence-electron chi connectivity index (χ0n) is 13.3. The van der Waals surface area contributed by atoms with Crippen LogP contribution in [-0.4, -0.2) is 50.7 Å². The molecule has 2 heterocycles. The van der Waals surface area contributed by atoms with Crippen molar-refractivity contribution in [2.75, 3.05) is 17.7 Å². The quantitative estimate of drug-likeness (QED) is 0.444. The number of fused-ring (bicyclic) bond motifs is 1. The van der Waals surface area contributed by atoms with E-state index in [1.165, 1.54) is 0 Å². The molecule has 1 aliphatic carbocycles. The molecule has 2 aliphatic rings. The number of thiocarbonyl (C=S) groups is 1. The summed E-state index contributed by atoms with van der Waals surface area (Å²) in [5, 5.41) is 13.0. The molecule has 4 unspecified atom stereocenters. The van der Waals surface area contributed by atoms with Gasteiger partial charge >= 0.3 is 0 Å². The molecule has 1 saturated carbocycles. The molecule has 1 saturated heterocycles. The average molecular weight is 374 g/mol. The Hall–Kier alpha value is -1.26. The molecule has 8 nitrogen and oxygen atoms in total. The van der Waals surface area contributed by atoms with Gasteiger partial charge in [0.25, 0.3) is 0 Å². The molecule has 2 fully saturated rings. The Kier molecular flexibility index (Phi) is 4.56. The van der Waals surface area contributed by atoms with E-state index in [1.807, 2.05) is 13.8 Å². The second-order valence-electron chi connectivity index (χ2n) is 6.45. The first-order chi connectivity index (χ1) is 11.2. The molecule has 4 atom stereocenters. The van der Waals surface area contributed by atoms with Gasteiger partial charge in [0.15, 0.2) is 5.79 Å². The fourth-order valence-electron chi connectivity index (χ4n) is 3.35. The van der Waals surface area contributed by atoms with Gasteiger partial charge < -0.3 is 31.4 Å². The number of rotatable bonds is 4. The standard InChI is InChI=1S/C14H20ClN5O3S/c1-14(2)22-8-5(4-21)3-6(9(8)23-14)18-12-7(11(16)24)10(15)19-13(17)20-12/h5-6,8-9,21H,3-4H2,1-2H3,(H2,16,24)(H3,17,18,19,20). The molecule has 24 heavy (non-hydrogen) atoms. The number of aliphatic hydroxyl groups excluding tert-OH is 1. The summed E-state index contributed by atoms with van der Waals surface area (Å²) >= 11 is 11.1. The maximum atomic E-state index is 9.63. The highest BCUT2D eigenvalue weighted by molar-refractivity contribution is 7.80. The minimum Gasteiger partial charge on any atom is -0.396 e. The van der Waals surface area contributed by atoms with Gasteiger partial charge in [-0.2, -0.15) is 4.98 Å². The third-order valence-electron chi connectivity index (χ3n) is 4.27. The average Bonchev–Trinajstić information content (AvgIpc) is 2.91. The van der Waals surface area contributed by atoms with Gasteiger partial charge in [-0.1, -0.05) is 23.8 Å². The zero-order chi connectivity index (χ0) is 17.6. The maximum Gasteiger partial charge on any atom is 0.223 e. The zero-order valence-corrected chi connectivity index (χ0v) is 14.9. The van der Waals surface area contributed by atoms with E-state index in [9.17, 15) is 5.11 Å². The molecule has 1 aromatic rings. The van der Waals surface area contributed by atoms with E-state index in [0.717, 1.165) is 0 Å². The molecule has 0 spiro atoms. The van der Waals surface area contributed by atoms with E-state index in [0.29, 0.717) is 17.8 Å². The summed E-state index contributed by atoms with van der Waals surface area (Å²) < 4.78 is 11.9. The number of anilines is 2. The van der Waals surface area contributed by atoms with E-state index in [1.54, 1.807) is 0 Å². The first-order valence-corrected chi connectivity index (χ1v) is 8.36. The van der Waals surface area contributed by atoms with E-state index in [-0.39, 0.29) is 46.9 Å². The number of hydrogen-bond acceptors (Lipinski definition) is 8. The highest BCUT2D eigenvalue weighted by Gasteiger charge is 2.53. The van der Waals surface area contributed by atoms with Gasteiger partial charge in [-0.25, -0.2) is 4.98 Å². The molecule has 0 aromatic carbocycles. The van der Waals surface area contributed by atoms with Crippen molar-refractivity contribution < 1.29 is 14.6 Å². The number of halogens is 1. The molecular formula is C14H20ClN5O3S. The van der Waals surface area contributed by atoms with Gasteiger partial charge in [-0.05, 0) is 20.3 Å². The van der Waals surface area contributed by atoms with E-state index in [4.69, 9.17) is 44.8 Å². The van der Waals surface area contributed by atoms with Crippen LogP contribution in [0.4, 0.5) is 11.8 Å². The summed E-state index contributed by atoms with van der Waals surface area (Å²) in [5.74, 6) is -0.384. The number of nitrogen functional groups attached to an aromatic ring is 1. The fraction of sp³-hybridized carbons (Fsp3) is 0.643. The Morgan fingerprint density at radius 1 is 1.42 bits per heavy atom. The van der Waals surface area contributed by atoms with Gasteiger partial charge in [-0.3, -0.25) is 0 Å². The summed E-state index contributed by atoms with van der Waals surface area (Å²) in [7, 11) is 0. The molecule has 0 radical (unpaired) electrons. The topological polar surface area (TPSA) is 129 Å². The van der Waals surface area contributed by atoms with Crippen LogP contribution in [0.2, 0.25) is 5.15 Å². The molecule has 6 N–H and O–H groups in total. The summed E-state index contributed by atoms with van der Waals surface area (Å²) in [4.78, 5) is 8.11. The van der Waals surface area contributed by atoms with Crippen molar-refractivity contribution in [3.63, 3.8) is 0 Å². The van der Waals surface area contributed by atoms with Gasteiger partial charge in [-0.15, -0.1) is 0 Å². The second kappa shape index (κ2) is 6.23. The predicted octanol–water partition coefficient (Wildman–Crippen LogP) is 0.659. The monoisotopic (exact) mass is 373 g/mol. The van der Waals surface area contributed by atoms with Gasteiger partial charge in [0.1, 0.15) is 22.1 Å². The number of hydrogen-bond donors (Lipinski definition) is 4. The fourth-order valence-corrected chi connectivity index (χ4v) is 3.88. The van der Waals surface area contributed by atoms with Crippen molar-refractivity contribution in [2.24, 2.45) is 11.7 Å². The van der Waals surface area contributed by atoms with E-state index in [2.05, 4.69) is 15.3 Å². The van der Waals surface area contributed by atoms with Crippen molar-refractivity contribution >= 4 is 40.6 Å². The van der Waals surface area contributed by atoms with Crippen LogP contribution < -0.4 is 16.8 Å². The third-order valence-corrected chi connectivity index (χ3v) is 4.74. The Balaban J connectivity index is 1.90. The van der Waals surface area contributed by atoms with Gasteiger partial charge in [0.2, 0.25) is 5.95 Å². The largest absolute Gasteiger partial charge is 0.396 e. The Bertz CT molecular complexity index is 674. The Morgan fingerprint density at radius 3 is 2.71 bits per heavy atom. The van der Waals surface area contributed by atoms with Crippen molar-refractivity contribution in [1.29, 1.82) is 0 Å². The number of nitrogens with zero attached hydrogens (tertiary/aromatic N) is 2. The first-order valence-electron chi connectivity index (χ1n) is 7.57. The Morgan fingerprint density at radius 2 is 2.08 bits per heavy atom. The SMILES string of the molecule is CC1(C)OC2C(CO)CC(Nc3nc(N)nc(Cl)c3C(N)=S)C2O1. The lowest BCUT2D eigenvalue weighted by Gasteiger charge is -2.24. The maximum absolute atomic E-state index is 9.63. The lowest BCUT2D eigenvalue weighted by molar-refractivity contribution is -0.158. The Labute approximate surface area is 149 Å². The summed E-state index contributed by atoms with van der Waals surface area (Å²) in [6, 6.07) is -0.160. The van der Waals surface area contributed by atoms with Gasteiger partial charge in [0.05, 0.1) is 17.7 Å². The highest BCUT2D eigenvalue weighted by Crippen LogP contribution is 2.42. The van der Waals surface area contributed by atoms with Crippen LogP contribution in [0.5, 0.6) is 0 Å². The van der Waals surface area contributed by atoms with Crippen LogP contribution in [0.25, 0.3) is 0 Å². The molecule has 132 valence electrons. The number of aromatic nitrogens is 2. The van der Waals surface area contributed by atoms with Crippen LogP contribution in [0.3, 0.4) is 0 Å². The molecular weight excluding hydrogens is 354 g/mol. The minimum atomic E-state index is -0.711. The van der Waals surface area contributed by atoms with Crippen molar-refractivity contribution in [1.82, 2.24) is 9.97 Å². The lowest BCUT2D eigenvalue weighted by Crippen LogP contribution is -2.35. The molecule has 3 rings (SSSR count). The van der Waals surface area contributed by atoms with Crippen molar-refractivity contribution in [2.45, 2.75) is 44.3 Å². The molecule has 0 bridgehead atoms.